The Balaban J connectivity index is 1.94. The lowest BCUT2D eigenvalue weighted by molar-refractivity contribution is 0.156. The zero-order valence-corrected chi connectivity index (χ0v) is 11.8. The van der Waals surface area contributed by atoms with E-state index in [2.05, 4.69) is 29.1 Å². The second kappa shape index (κ2) is 5.99. The summed E-state index contributed by atoms with van der Waals surface area (Å²) in [7, 11) is 0. The summed E-state index contributed by atoms with van der Waals surface area (Å²) in [6.07, 6.45) is 6.64. The Labute approximate surface area is 113 Å². The van der Waals surface area contributed by atoms with Crippen LogP contribution in [0.4, 0.5) is 0 Å². The third-order valence-electron chi connectivity index (χ3n) is 3.27. The summed E-state index contributed by atoms with van der Waals surface area (Å²) in [4.78, 5) is 8.49. The maximum Gasteiger partial charge on any atom is 0.187 e. The molecule has 1 aliphatic rings. The van der Waals surface area contributed by atoms with Crippen molar-refractivity contribution < 1.29 is 5.11 Å². The summed E-state index contributed by atoms with van der Waals surface area (Å²) < 4.78 is 0. The molecule has 2 rings (SSSR count). The molecule has 18 heavy (non-hydrogen) atoms. The minimum absolute atomic E-state index is 0.111. The summed E-state index contributed by atoms with van der Waals surface area (Å²) in [5.74, 6) is 0. The van der Waals surface area contributed by atoms with Crippen LogP contribution in [-0.2, 0) is 0 Å². The second-order valence-electron chi connectivity index (χ2n) is 5.25. The van der Waals surface area contributed by atoms with Crippen LogP contribution in [0.15, 0.2) is 23.6 Å². The molecule has 0 bridgehead atoms. The number of nitrogens with one attached hydrogen (secondary N) is 1. The smallest absolute Gasteiger partial charge is 0.187 e. The zero-order chi connectivity index (χ0) is 13.0. The molecule has 5 heteroatoms. The van der Waals surface area contributed by atoms with Crippen LogP contribution in [-0.4, -0.2) is 38.5 Å². The number of rotatable bonds is 5. The standard InChI is InChI=1S/C13H21N3OS/c1-10(2)16-13(9-17)5-4-11(8-13)18-12-14-6-3-7-15-12/h3,6-7,10-11,16-17H,4-5,8-9H2,1-2H3. The van der Waals surface area contributed by atoms with Crippen molar-refractivity contribution in [3.05, 3.63) is 18.5 Å². The lowest BCUT2D eigenvalue weighted by Crippen LogP contribution is -2.49. The van der Waals surface area contributed by atoms with Gasteiger partial charge in [0.05, 0.1) is 6.61 Å². The van der Waals surface area contributed by atoms with Gasteiger partial charge < -0.3 is 10.4 Å². The van der Waals surface area contributed by atoms with Crippen LogP contribution in [0.5, 0.6) is 0 Å². The molecule has 2 N–H and O–H groups in total. The number of hydrogen-bond acceptors (Lipinski definition) is 5. The fraction of sp³-hybridized carbons (Fsp3) is 0.692. The fourth-order valence-corrected chi connectivity index (χ4v) is 3.79. The number of hydrogen-bond donors (Lipinski definition) is 2. The molecule has 0 amide bonds. The molecule has 1 fully saturated rings. The van der Waals surface area contributed by atoms with Gasteiger partial charge in [-0.05, 0) is 25.3 Å². The molecule has 0 aromatic carbocycles. The minimum Gasteiger partial charge on any atom is -0.394 e. The number of nitrogens with zero attached hydrogens (tertiary/aromatic N) is 2. The molecule has 1 heterocycles. The van der Waals surface area contributed by atoms with Crippen LogP contribution >= 0.6 is 11.8 Å². The van der Waals surface area contributed by atoms with Gasteiger partial charge in [0, 0.05) is 29.2 Å². The van der Waals surface area contributed by atoms with Crippen LogP contribution in [0.1, 0.15) is 33.1 Å². The van der Waals surface area contributed by atoms with Crippen molar-refractivity contribution in [2.24, 2.45) is 0 Å². The van der Waals surface area contributed by atoms with E-state index >= 15 is 0 Å². The molecule has 0 saturated heterocycles. The highest BCUT2D eigenvalue weighted by atomic mass is 32.2. The summed E-state index contributed by atoms with van der Waals surface area (Å²) in [5, 5.41) is 14.5. The van der Waals surface area contributed by atoms with Gasteiger partial charge in [0.25, 0.3) is 0 Å². The van der Waals surface area contributed by atoms with Gasteiger partial charge in [-0.25, -0.2) is 9.97 Å². The van der Waals surface area contributed by atoms with Gasteiger partial charge in [-0.15, -0.1) is 0 Å². The van der Waals surface area contributed by atoms with E-state index in [1.807, 2.05) is 6.07 Å². The zero-order valence-electron chi connectivity index (χ0n) is 11.0. The molecule has 100 valence electrons. The van der Waals surface area contributed by atoms with Gasteiger partial charge in [-0.3, -0.25) is 0 Å². The molecule has 2 atom stereocenters. The average molecular weight is 267 g/mol. The fourth-order valence-electron chi connectivity index (χ4n) is 2.61. The van der Waals surface area contributed by atoms with Crippen LogP contribution in [0, 0.1) is 0 Å². The Morgan fingerprint density at radius 3 is 2.83 bits per heavy atom. The molecule has 0 aliphatic heterocycles. The van der Waals surface area contributed by atoms with Gasteiger partial charge in [0.2, 0.25) is 0 Å². The molecule has 1 aliphatic carbocycles. The first-order valence-corrected chi connectivity index (χ1v) is 7.34. The van der Waals surface area contributed by atoms with E-state index in [0.29, 0.717) is 11.3 Å². The lowest BCUT2D eigenvalue weighted by Gasteiger charge is -2.31. The van der Waals surface area contributed by atoms with Crippen LogP contribution in [0.25, 0.3) is 0 Å². The first kappa shape index (κ1) is 13.8. The van der Waals surface area contributed by atoms with E-state index in [4.69, 9.17) is 0 Å². The minimum atomic E-state index is -0.111. The van der Waals surface area contributed by atoms with Crippen LogP contribution < -0.4 is 5.32 Å². The van der Waals surface area contributed by atoms with Crippen LogP contribution in [0.3, 0.4) is 0 Å². The molecule has 4 nitrogen and oxygen atoms in total. The topological polar surface area (TPSA) is 58.0 Å². The van der Waals surface area contributed by atoms with Crippen LogP contribution in [0.2, 0.25) is 0 Å². The van der Waals surface area contributed by atoms with E-state index in [0.717, 1.165) is 24.4 Å². The lowest BCUT2D eigenvalue weighted by atomic mass is 9.98. The quantitative estimate of drug-likeness (QED) is 0.797. The highest BCUT2D eigenvalue weighted by molar-refractivity contribution is 7.99. The first-order chi connectivity index (χ1) is 8.63. The van der Waals surface area contributed by atoms with Gasteiger partial charge in [-0.2, -0.15) is 0 Å². The summed E-state index contributed by atoms with van der Waals surface area (Å²) in [5.41, 5.74) is -0.111. The highest BCUT2D eigenvalue weighted by Crippen LogP contribution is 2.39. The van der Waals surface area contributed by atoms with E-state index in [1.54, 1.807) is 24.2 Å². The molecule has 0 spiro atoms. The summed E-state index contributed by atoms with van der Waals surface area (Å²) >= 11 is 1.72. The maximum absolute atomic E-state index is 9.65. The molecule has 1 saturated carbocycles. The van der Waals surface area contributed by atoms with Gasteiger partial charge in [0.15, 0.2) is 5.16 Å². The number of aliphatic hydroxyl groups excluding tert-OH is 1. The van der Waals surface area contributed by atoms with Crippen molar-refractivity contribution in [2.45, 2.75) is 55.1 Å². The number of aliphatic hydroxyl groups is 1. The van der Waals surface area contributed by atoms with Crippen molar-refractivity contribution in [2.75, 3.05) is 6.61 Å². The maximum atomic E-state index is 9.65. The predicted octanol–water partition coefficient (Wildman–Crippen LogP) is 1.85. The first-order valence-electron chi connectivity index (χ1n) is 6.46. The largest absolute Gasteiger partial charge is 0.394 e. The van der Waals surface area contributed by atoms with E-state index in [9.17, 15) is 5.11 Å². The van der Waals surface area contributed by atoms with E-state index in [1.165, 1.54) is 0 Å². The van der Waals surface area contributed by atoms with E-state index in [-0.39, 0.29) is 12.1 Å². The Hall–Kier alpha value is -0.650. The normalized spacial score (nSPS) is 27.9. The third-order valence-corrected chi connectivity index (χ3v) is 4.43. The molecule has 2 unspecified atom stereocenters. The average Bonchev–Trinajstić information content (AvgIpc) is 2.73. The molecule has 0 radical (unpaired) electrons. The van der Waals surface area contributed by atoms with Gasteiger partial charge >= 0.3 is 0 Å². The third kappa shape index (κ3) is 3.43. The van der Waals surface area contributed by atoms with Crippen molar-refractivity contribution in [1.29, 1.82) is 0 Å². The molecular weight excluding hydrogens is 246 g/mol. The van der Waals surface area contributed by atoms with Gasteiger partial charge in [-0.1, -0.05) is 25.6 Å². The molecule has 1 aromatic rings. The SMILES string of the molecule is CC(C)NC1(CO)CCC(Sc2ncccn2)C1. The van der Waals surface area contributed by atoms with E-state index < -0.39 is 0 Å². The highest BCUT2D eigenvalue weighted by Gasteiger charge is 2.39. The second-order valence-corrected chi connectivity index (χ2v) is 6.52. The summed E-state index contributed by atoms with van der Waals surface area (Å²) in [6, 6.07) is 2.23. The number of aromatic nitrogens is 2. The van der Waals surface area contributed by atoms with Crippen molar-refractivity contribution >= 4 is 11.8 Å². The number of thioether (sulfide) groups is 1. The van der Waals surface area contributed by atoms with Crippen molar-refractivity contribution in [3.63, 3.8) is 0 Å². The predicted molar refractivity (Wildman–Crippen MR) is 73.6 cm³/mol. The Morgan fingerprint density at radius 2 is 2.22 bits per heavy atom. The summed E-state index contributed by atoms with van der Waals surface area (Å²) in [6.45, 7) is 4.45. The molecule has 1 aromatic heterocycles. The monoisotopic (exact) mass is 267 g/mol. The molecular formula is C13H21N3OS. The Kier molecular flexibility index (Phi) is 4.59. The Bertz CT molecular complexity index is 374. The Morgan fingerprint density at radius 1 is 1.50 bits per heavy atom. The van der Waals surface area contributed by atoms with Crippen molar-refractivity contribution in [3.8, 4) is 0 Å². The van der Waals surface area contributed by atoms with Crippen molar-refractivity contribution in [1.82, 2.24) is 15.3 Å². The van der Waals surface area contributed by atoms with Gasteiger partial charge in [0.1, 0.15) is 0 Å².